The Morgan fingerprint density at radius 3 is 2.36 bits per heavy atom. The lowest BCUT2D eigenvalue weighted by Crippen LogP contribution is -2.38. The van der Waals surface area contributed by atoms with Crippen LogP contribution in [0, 0.1) is 5.92 Å². The fourth-order valence-electron chi connectivity index (χ4n) is 4.48. The molecule has 1 aliphatic carbocycles. The minimum Gasteiger partial charge on any atom is -0.341 e. The Morgan fingerprint density at radius 2 is 1.70 bits per heavy atom. The molecule has 1 saturated heterocycles. The summed E-state index contributed by atoms with van der Waals surface area (Å²) in [6, 6.07) is 9.32. The molecule has 2 atom stereocenters. The molecule has 1 aromatic carbocycles. The van der Waals surface area contributed by atoms with Crippen molar-refractivity contribution in [3.63, 3.8) is 0 Å². The second-order valence-corrected chi connectivity index (χ2v) is 8.75. The first-order valence-corrected chi connectivity index (χ1v) is 11.3. The summed E-state index contributed by atoms with van der Waals surface area (Å²) in [4.78, 5) is 30.3. The van der Waals surface area contributed by atoms with Gasteiger partial charge in [0.05, 0.1) is 5.56 Å². The van der Waals surface area contributed by atoms with Gasteiger partial charge in [-0.2, -0.15) is 0 Å². The van der Waals surface area contributed by atoms with E-state index in [2.05, 4.69) is 54.4 Å². The molecule has 1 aliphatic heterocycles. The highest BCUT2D eigenvalue weighted by Gasteiger charge is 2.38. The molecule has 5 rings (SSSR count). The van der Waals surface area contributed by atoms with E-state index in [1.165, 1.54) is 24.4 Å². The smallest absolute Gasteiger partial charge is 0.277 e. The number of carbonyl (C=O) groups is 1. The first-order chi connectivity index (χ1) is 16.2. The minimum absolute atomic E-state index is 0.239. The van der Waals surface area contributed by atoms with Gasteiger partial charge in [0, 0.05) is 55.4 Å². The van der Waals surface area contributed by atoms with E-state index < -0.39 is 5.91 Å². The highest BCUT2D eigenvalue weighted by molar-refractivity contribution is 5.92. The van der Waals surface area contributed by atoms with Crippen molar-refractivity contribution in [3.8, 4) is 11.1 Å². The molecule has 9 heteroatoms. The topological polar surface area (TPSA) is 116 Å². The van der Waals surface area contributed by atoms with Crippen LogP contribution in [-0.2, 0) is 0 Å². The molecule has 9 nitrogen and oxygen atoms in total. The average molecular weight is 446 g/mol. The van der Waals surface area contributed by atoms with Crippen LogP contribution in [0.1, 0.15) is 41.1 Å². The summed E-state index contributed by atoms with van der Waals surface area (Å²) in [5.41, 5.74) is 5.40. The maximum atomic E-state index is 11.4. The number of hydrogen-bond acceptors (Lipinski definition) is 8. The Kier molecular flexibility index (Phi) is 6.23. The van der Waals surface area contributed by atoms with Crippen LogP contribution in [0.3, 0.4) is 0 Å². The second-order valence-electron chi connectivity index (χ2n) is 8.75. The Hall–Kier alpha value is -3.43. The molecule has 3 N–H and O–H groups in total. The van der Waals surface area contributed by atoms with Gasteiger partial charge in [-0.05, 0) is 42.9 Å². The zero-order chi connectivity index (χ0) is 22.6. The van der Waals surface area contributed by atoms with Crippen molar-refractivity contribution in [1.29, 1.82) is 0 Å². The predicted molar refractivity (Wildman–Crippen MR) is 123 cm³/mol. The van der Waals surface area contributed by atoms with Gasteiger partial charge in [0.25, 0.3) is 5.91 Å². The highest BCUT2D eigenvalue weighted by Crippen LogP contribution is 2.41. The lowest BCUT2D eigenvalue weighted by Gasteiger charge is -2.32. The third-order valence-corrected chi connectivity index (χ3v) is 6.59. The first-order valence-electron chi connectivity index (χ1n) is 11.3. The van der Waals surface area contributed by atoms with Crippen molar-refractivity contribution in [3.05, 3.63) is 66.5 Å². The van der Waals surface area contributed by atoms with Crippen LogP contribution in [-0.4, -0.2) is 56.7 Å². The van der Waals surface area contributed by atoms with Crippen molar-refractivity contribution in [2.24, 2.45) is 5.92 Å². The van der Waals surface area contributed by atoms with Crippen LogP contribution in [0.15, 0.2) is 55.4 Å². The molecule has 33 heavy (non-hydrogen) atoms. The summed E-state index contributed by atoms with van der Waals surface area (Å²) in [5.74, 6) is 1.26. The van der Waals surface area contributed by atoms with Crippen molar-refractivity contribution in [2.45, 2.75) is 31.2 Å². The molecule has 3 heterocycles. The summed E-state index contributed by atoms with van der Waals surface area (Å²) in [6.07, 6.45) is 11.5. The molecule has 0 bridgehead atoms. The highest BCUT2D eigenvalue weighted by atomic mass is 16.5. The number of aromatic nitrogens is 4. The number of rotatable bonds is 7. The third-order valence-electron chi connectivity index (χ3n) is 6.59. The number of amides is 1. The number of piperidine rings is 1. The SMILES string of the molecule is O=C(NO)c1cnc(N2CCC(CNC3CC3c3ccc(-c4cncnc4)cc3)CC2)nc1. The fourth-order valence-corrected chi connectivity index (χ4v) is 4.48. The number of benzene rings is 1. The summed E-state index contributed by atoms with van der Waals surface area (Å²) in [5, 5.41) is 12.5. The number of nitrogens with one attached hydrogen (secondary N) is 2. The molecule has 1 amide bonds. The zero-order valence-electron chi connectivity index (χ0n) is 18.3. The summed E-state index contributed by atoms with van der Waals surface area (Å²) in [6.45, 7) is 2.83. The van der Waals surface area contributed by atoms with E-state index in [0.717, 1.165) is 43.6 Å². The van der Waals surface area contributed by atoms with Gasteiger partial charge in [-0.1, -0.05) is 24.3 Å². The number of hydroxylamine groups is 1. The van der Waals surface area contributed by atoms with Crippen molar-refractivity contribution < 1.29 is 10.0 Å². The number of anilines is 1. The summed E-state index contributed by atoms with van der Waals surface area (Å²) in [7, 11) is 0. The molecule has 1 saturated carbocycles. The molecule has 3 aromatic rings. The van der Waals surface area contributed by atoms with Crippen LogP contribution in [0.25, 0.3) is 11.1 Å². The van der Waals surface area contributed by atoms with Crippen LogP contribution in [0.2, 0.25) is 0 Å². The zero-order valence-corrected chi connectivity index (χ0v) is 18.3. The van der Waals surface area contributed by atoms with Crippen LogP contribution >= 0.6 is 0 Å². The molecule has 2 fully saturated rings. The van der Waals surface area contributed by atoms with Gasteiger partial charge in [-0.25, -0.2) is 25.4 Å². The van der Waals surface area contributed by atoms with E-state index in [4.69, 9.17) is 5.21 Å². The van der Waals surface area contributed by atoms with Crippen molar-refractivity contribution >= 4 is 11.9 Å². The molecule has 0 spiro atoms. The van der Waals surface area contributed by atoms with Gasteiger partial charge in [-0.15, -0.1) is 0 Å². The Bertz CT molecular complexity index is 1070. The van der Waals surface area contributed by atoms with Gasteiger partial charge in [0.2, 0.25) is 5.95 Å². The van der Waals surface area contributed by atoms with Crippen LogP contribution in [0.5, 0.6) is 0 Å². The van der Waals surface area contributed by atoms with E-state index in [-0.39, 0.29) is 5.56 Å². The minimum atomic E-state index is -0.605. The van der Waals surface area contributed by atoms with E-state index >= 15 is 0 Å². The van der Waals surface area contributed by atoms with Crippen molar-refractivity contribution in [1.82, 2.24) is 30.7 Å². The Morgan fingerprint density at radius 1 is 1.00 bits per heavy atom. The maximum Gasteiger partial charge on any atom is 0.277 e. The Balaban J connectivity index is 1.06. The summed E-state index contributed by atoms with van der Waals surface area (Å²) < 4.78 is 0. The van der Waals surface area contributed by atoms with E-state index in [9.17, 15) is 4.79 Å². The largest absolute Gasteiger partial charge is 0.341 e. The predicted octanol–water partition coefficient (Wildman–Crippen LogP) is 2.41. The molecule has 2 aliphatic rings. The molecule has 2 aromatic heterocycles. The molecular formula is C24H27N7O2. The van der Waals surface area contributed by atoms with Crippen molar-refractivity contribution in [2.75, 3.05) is 24.5 Å². The second kappa shape index (κ2) is 9.60. The summed E-state index contributed by atoms with van der Waals surface area (Å²) >= 11 is 0. The Labute approximate surface area is 192 Å². The van der Waals surface area contributed by atoms with E-state index in [0.29, 0.717) is 23.8 Å². The standard InChI is InChI=1S/C24H27N7O2/c32-23(30-33)20-13-28-24(29-14-20)31-7-5-16(6-8-31)10-27-22-9-21(22)18-3-1-17(2-4-18)19-11-25-15-26-12-19/h1-4,11-16,21-22,27,33H,5-10H2,(H,30,32). The number of hydrogen-bond donors (Lipinski definition) is 3. The number of carbonyl (C=O) groups excluding carboxylic acids is 1. The maximum absolute atomic E-state index is 11.4. The van der Waals surface area contributed by atoms with Gasteiger partial charge in [-0.3, -0.25) is 10.0 Å². The average Bonchev–Trinajstić information content (AvgIpc) is 3.68. The van der Waals surface area contributed by atoms with Crippen LogP contribution < -0.4 is 15.7 Å². The molecule has 2 unspecified atom stereocenters. The van der Waals surface area contributed by atoms with Crippen LogP contribution in [0.4, 0.5) is 5.95 Å². The first kappa shape index (κ1) is 21.4. The number of nitrogens with zero attached hydrogens (tertiary/aromatic N) is 5. The fraction of sp³-hybridized carbons (Fsp3) is 0.375. The van der Waals surface area contributed by atoms with Gasteiger partial charge in [0.15, 0.2) is 0 Å². The monoisotopic (exact) mass is 445 g/mol. The van der Waals surface area contributed by atoms with Gasteiger partial charge < -0.3 is 10.2 Å². The van der Waals surface area contributed by atoms with E-state index in [1.807, 2.05) is 12.4 Å². The third kappa shape index (κ3) is 4.99. The van der Waals surface area contributed by atoms with Gasteiger partial charge in [0.1, 0.15) is 6.33 Å². The van der Waals surface area contributed by atoms with Gasteiger partial charge >= 0.3 is 0 Å². The normalized spacial score (nSPS) is 20.5. The lowest BCUT2D eigenvalue weighted by atomic mass is 9.97. The van der Waals surface area contributed by atoms with E-state index in [1.54, 1.807) is 11.8 Å². The lowest BCUT2D eigenvalue weighted by molar-refractivity contribution is 0.0705. The molecule has 170 valence electrons. The molecule has 0 radical (unpaired) electrons. The molecular weight excluding hydrogens is 418 g/mol. The quantitative estimate of drug-likeness (QED) is 0.375.